The van der Waals surface area contributed by atoms with Gasteiger partial charge in [-0.05, 0) is 24.1 Å². The van der Waals surface area contributed by atoms with E-state index in [1.807, 2.05) is 36.5 Å². The zero-order valence-corrected chi connectivity index (χ0v) is 16.3. The van der Waals surface area contributed by atoms with Gasteiger partial charge in [0.15, 0.2) is 0 Å². The average molecular weight is 379 g/mol. The highest BCUT2D eigenvalue weighted by molar-refractivity contribution is 5.96. The molecule has 1 aromatic carbocycles. The van der Waals surface area contributed by atoms with E-state index in [4.69, 9.17) is 0 Å². The van der Waals surface area contributed by atoms with Crippen molar-refractivity contribution in [3.63, 3.8) is 0 Å². The van der Waals surface area contributed by atoms with Crippen molar-refractivity contribution < 1.29 is 9.59 Å². The molecule has 0 bridgehead atoms. The van der Waals surface area contributed by atoms with E-state index in [0.717, 1.165) is 29.2 Å². The Hall–Kier alpha value is -2.96. The molecule has 0 aliphatic carbocycles. The fourth-order valence-corrected chi connectivity index (χ4v) is 3.70. The molecule has 0 radical (unpaired) electrons. The van der Waals surface area contributed by atoms with Gasteiger partial charge in [0.1, 0.15) is 5.82 Å². The van der Waals surface area contributed by atoms with Crippen LogP contribution in [0.15, 0.2) is 36.5 Å². The minimum Gasteiger partial charge on any atom is -0.333 e. The highest BCUT2D eigenvalue weighted by atomic mass is 16.2. The first-order chi connectivity index (χ1) is 13.5. The van der Waals surface area contributed by atoms with Crippen molar-refractivity contribution in [3.05, 3.63) is 53.6 Å². The average Bonchev–Trinajstić information content (AvgIpc) is 3.07. The Morgan fingerprint density at radius 2 is 2.04 bits per heavy atom. The van der Waals surface area contributed by atoms with E-state index in [9.17, 15) is 9.59 Å². The predicted octanol–water partition coefficient (Wildman–Crippen LogP) is 2.47. The molecule has 1 unspecified atom stereocenters. The number of carbonyl (C=O) groups is 2. The number of urea groups is 1. The molecule has 28 heavy (non-hydrogen) atoms. The van der Waals surface area contributed by atoms with Gasteiger partial charge in [0, 0.05) is 37.3 Å². The molecule has 1 saturated heterocycles. The molecule has 0 saturated carbocycles. The Bertz CT molecular complexity index is 884. The Morgan fingerprint density at radius 1 is 1.25 bits per heavy atom. The monoisotopic (exact) mass is 379 g/mol. The number of benzene rings is 1. The summed E-state index contributed by atoms with van der Waals surface area (Å²) in [5.41, 5.74) is 2.90. The standard InChI is InChI=1S/C21H25N5O2/c1-14(2)20-22-11-15-8-9-25(13-18(15)24-20)21(28)23-16-10-19(27)26(12-16)17-6-4-3-5-7-17/h3-7,11,14,16H,8-10,12-13H2,1-2H3,(H,23,28). The van der Waals surface area contributed by atoms with Crippen molar-refractivity contribution in [2.75, 3.05) is 18.0 Å². The normalized spacial score (nSPS) is 19.1. The van der Waals surface area contributed by atoms with Crippen LogP contribution >= 0.6 is 0 Å². The van der Waals surface area contributed by atoms with Crippen LogP contribution in [0, 0.1) is 0 Å². The van der Waals surface area contributed by atoms with E-state index in [1.165, 1.54) is 0 Å². The zero-order valence-electron chi connectivity index (χ0n) is 16.3. The largest absolute Gasteiger partial charge is 0.333 e. The highest BCUT2D eigenvalue weighted by Gasteiger charge is 2.33. The van der Waals surface area contributed by atoms with E-state index in [1.54, 1.807) is 9.80 Å². The molecule has 1 atom stereocenters. The molecule has 3 heterocycles. The maximum absolute atomic E-state index is 12.8. The third-order valence-corrected chi connectivity index (χ3v) is 5.29. The third-order valence-electron chi connectivity index (χ3n) is 5.29. The number of anilines is 1. The molecule has 2 aliphatic heterocycles. The summed E-state index contributed by atoms with van der Waals surface area (Å²) in [5.74, 6) is 1.10. The molecule has 1 N–H and O–H groups in total. The molecule has 3 amide bonds. The van der Waals surface area contributed by atoms with E-state index in [0.29, 0.717) is 26.1 Å². The number of amides is 3. The number of hydrogen-bond acceptors (Lipinski definition) is 4. The number of aromatic nitrogens is 2. The van der Waals surface area contributed by atoms with Crippen LogP contribution in [-0.2, 0) is 17.8 Å². The smallest absolute Gasteiger partial charge is 0.318 e. The molecule has 0 spiro atoms. The summed E-state index contributed by atoms with van der Waals surface area (Å²) < 4.78 is 0. The van der Waals surface area contributed by atoms with Crippen molar-refractivity contribution in [1.82, 2.24) is 20.2 Å². The van der Waals surface area contributed by atoms with Crippen molar-refractivity contribution in [1.29, 1.82) is 0 Å². The fraction of sp³-hybridized carbons (Fsp3) is 0.429. The molecule has 146 valence electrons. The van der Waals surface area contributed by atoms with Crippen LogP contribution in [-0.4, -0.2) is 45.9 Å². The maximum Gasteiger partial charge on any atom is 0.318 e. The summed E-state index contributed by atoms with van der Waals surface area (Å²) in [6, 6.07) is 9.25. The van der Waals surface area contributed by atoms with Crippen molar-refractivity contribution in [2.45, 2.75) is 45.2 Å². The SMILES string of the molecule is CC(C)c1ncc2c(n1)CN(C(=O)NC1CC(=O)N(c3ccccc3)C1)CC2. The lowest BCUT2D eigenvalue weighted by atomic mass is 10.1. The van der Waals surface area contributed by atoms with Crippen molar-refractivity contribution in [2.24, 2.45) is 0 Å². The predicted molar refractivity (Wildman–Crippen MR) is 106 cm³/mol. The second kappa shape index (κ2) is 7.58. The summed E-state index contributed by atoms with van der Waals surface area (Å²) in [5, 5.41) is 3.03. The Kier molecular flexibility index (Phi) is 4.98. The van der Waals surface area contributed by atoms with Gasteiger partial charge in [-0.25, -0.2) is 14.8 Å². The van der Waals surface area contributed by atoms with Crippen LogP contribution in [0.5, 0.6) is 0 Å². The first-order valence-corrected chi connectivity index (χ1v) is 9.77. The quantitative estimate of drug-likeness (QED) is 0.889. The van der Waals surface area contributed by atoms with Crippen molar-refractivity contribution >= 4 is 17.6 Å². The molecule has 4 rings (SSSR count). The van der Waals surface area contributed by atoms with Gasteiger partial charge < -0.3 is 15.1 Å². The molecule has 2 aliphatic rings. The Labute approximate surface area is 164 Å². The van der Waals surface area contributed by atoms with Gasteiger partial charge in [-0.15, -0.1) is 0 Å². The van der Waals surface area contributed by atoms with Gasteiger partial charge in [-0.3, -0.25) is 4.79 Å². The molecule has 7 heteroatoms. The van der Waals surface area contributed by atoms with Crippen LogP contribution in [0.2, 0.25) is 0 Å². The van der Waals surface area contributed by atoms with Crippen LogP contribution in [0.25, 0.3) is 0 Å². The van der Waals surface area contributed by atoms with Gasteiger partial charge in [-0.2, -0.15) is 0 Å². The second-order valence-corrected chi connectivity index (χ2v) is 7.72. The fourth-order valence-electron chi connectivity index (χ4n) is 3.70. The van der Waals surface area contributed by atoms with E-state index >= 15 is 0 Å². The van der Waals surface area contributed by atoms with E-state index in [2.05, 4.69) is 29.1 Å². The number of nitrogens with zero attached hydrogens (tertiary/aromatic N) is 4. The van der Waals surface area contributed by atoms with Crippen LogP contribution in [0.1, 0.15) is 43.3 Å². The highest BCUT2D eigenvalue weighted by Crippen LogP contribution is 2.22. The summed E-state index contributed by atoms with van der Waals surface area (Å²) in [6.45, 7) is 5.73. The number of rotatable bonds is 3. The third kappa shape index (κ3) is 3.69. The molecular weight excluding hydrogens is 354 g/mol. The summed E-state index contributed by atoms with van der Waals surface area (Å²) in [6.07, 6.45) is 2.96. The van der Waals surface area contributed by atoms with E-state index < -0.39 is 0 Å². The van der Waals surface area contributed by atoms with Crippen LogP contribution in [0.3, 0.4) is 0 Å². The molecule has 1 fully saturated rings. The number of para-hydroxylation sites is 1. The number of hydrogen-bond donors (Lipinski definition) is 1. The van der Waals surface area contributed by atoms with Gasteiger partial charge in [0.25, 0.3) is 0 Å². The summed E-state index contributed by atoms with van der Waals surface area (Å²) in [7, 11) is 0. The topological polar surface area (TPSA) is 78.4 Å². The number of carbonyl (C=O) groups excluding carboxylic acids is 2. The van der Waals surface area contributed by atoms with E-state index in [-0.39, 0.29) is 23.9 Å². The minimum atomic E-state index is -0.182. The Morgan fingerprint density at radius 3 is 2.79 bits per heavy atom. The molecule has 2 aromatic rings. The zero-order chi connectivity index (χ0) is 19.7. The lowest BCUT2D eigenvalue weighted by molar-refractivity contribution is -0.117. The molecule has 1 aromatic heterocycles. The van der Waals surface area contributed by atoms with Gasteiger partial charge in [0.2, 0.25) is 5.91 Å². The first kappa shape index (κ1) is 18.4. The van der Waals surface area contributed by atoms with Gasteiger partial charge in [0.05, 0.1) is 18.3 Å². The van der Waals surface area contributed by atoms with Crippen LogP contribution in [0.4, 0.5) is 10.5 Å². The van der Waals surface area contributed by atoms with Crippen molar-refractivity contribution in [3.8, 4) is 0 Å². The second-order valence-electron chi connectivity index (χ2n) is 7.72. The molecule has 7 nitrogen and oxygen atoms in total. The first-order valence-electron chi connectivity index (χ1n) is 9.77. The summed E-state index contributed by atoms with van der Waals surface area (Å²) in [4.78, 5) is 37.7. The van der Waals surface area contributed by atoms with Gasteiger partial charge in [-0.1, -0.05) is 32.0 Å². The minimum absolute atomic E-state index is 0.0369. The lowest BCUT2D eigenvalue weighted by Gasteiger charge is -2.29. The molecular formula is C21H25N5O2. The summed E-state index contributed by atoms with van der Waals surface area (Å²) >= 11 is 0. The van der Waals surface area contributed by atoms with Crippen LogP contribution < -0.4 is 10.2 Å². The van der Waals surface area contributed by atoms with Gasteiger partial charge >= 0.3 is 6.03 Å². The Balaban J connectivity index is 1.40. The number of fused-ring (bicyclic) bond motifs is 1. The lowest BCUT2D eigenvalue weighted by Crippen LogP contribution is -2.47. The number of nitrogens with one attached hydrogen (secondary N) is 1. The maximum atomic E-state index is 12.8.